The maximum Gasteiger partial charge on any atom is 0.0693 e. The monoisotopic (exact) mass is 245 g/mol. The number of aryl methyl sites for hydroxylation is 1. The maximum absolute atomic E-state index is 9.55. The van der Waals surface area contributed by atoms with E-state index in [1.54, 1.807) is 0 Å². The second kappa shape index (κ2) is 5.56. The van der Waals surface area contributed by atoms with E-state index < -0.39 is 0 Å². The summed E-state index contributed by atoms with van der Waals surface area (Å²) < 4.78 is 1.94. The molecule has 0 amide bonds. The summed E-state index contributed by atoms with van der Waals surface area (Å²) in [6.45, 7) is 5.25. The van der Waals surface area contributed by atoms with E-state index >= 15 is 0 Å². The molecule has 18 heavy (non-hydrogen) atoms. The summed E-state index contributed by atoms with van der Waals surface area (Å²) in [5.74, 6) is 0.838. The van der Waals surface area contributed by atoms with Crippen molar-refractivity contribution < 1.29 is 0 Å². The number of nitrogens with zero attached hydrogens (tertiary/aromatic N) is 3. The Labute approximate surface area is 110 Å². The molecule has 1 saturated carbocycles. The van der Waals surface area contributed by atoms with Crippen molar-refractivity contribution in [3.05, 3.63) is 18.0 Å². The summed E-state index contributed by atoms with van der Waals surface area (Å²) in [4.78, 5) is 0. The number of nitriles is 1. The van der Waals surface area contributed by atoms with Gasteiger partial charge in [0.05, 0.1) is 17.7 Å². The van der Waals surface area contributed by atoms with Crippen LogP contribution >= 0.6 is 0 Å². The van der Waals surface area contributed by atoms with Crippen LogP contribution in [0.5, 0.6) is 0 Å². The Balaban J connectivity index is 2.03. The molecule has 1 aliphatic rings. The van der Waals surface area contributed by atoms with Crippen LogP contribution in [0.4, 0.5) is 0 Å². The fraction of sp³-hybridized carbons (Fsp3) is 0.733. The first-order valence-corrected chi connectivity index (χ1v) is 7.14. The Hall–Kier alpha value is -1.30. The van der Waals surface area contributed by atoms with E-state index in [4.69, 9.17) is 0 Å². The lowest BCUT2D eigenvalue weighted by atomic mass is 9.68. The van der Waals surface area contributed by atoms with Crippen LogP contribution in [0.1, 0.15) is 51.5 Å². The Morgan fingerprint density at radius 1 is 1.44 bits per heavy atom. The van der Waals surface area contributed by atoms with E-state index in [-0.39, 0.29) is 5.41 Å². The van der Waals surface area contributed by atoms with E-state index in [0.29, 0.717) is 0 Å². The minimum Gasteiger partial charge on any atom is -0.273 e. The molecule has 1 aliphatic carbocycles. The van der Waals surface area contributed by atoms with Gasteiger partial charge in [0.2, 0.25) is 0 Å². The van der Waals surface area contributed by atoms with Gasteiger partial charge < -0.3 is 0 Å². The highest BCUT2D eigenvalue weighted by molar-refractivity contribution is 5.14. The predicted molar refractivity (Wildman–Crippen MR) is 71.9 cm³/mol. The third-order valence-electron chi connectivity index (χ3n) is 4.43. The molecule has 0 saturated heterocycles. The lowest BCUT2D eigenvalue weighted by Gasteiger charge is -2.34. The number of aromatic nitrogens is 2. The molecule has 1 aromatic heterocycles. The molecule has 0 spiro atoms. The SMILES string of the molecule is CCC1CCC(C#N)(Cc2cnn(CC)c2)CC1. The molecule has 0 radical (unpaired) electrons. The first kappa shape index (κ1) is 13.1. The maximum atomic E-state index is 9.55. The van der Waals surface area contributed by atoms with Gasteiger partial charge in [-0.2, -0.15) is 10.4 Å². The van der Waals surface area contributed by atoms with Gasteiger partial charge in [-0.05, 0) is 50.5 Å². The van der Waals surface area contributed by atoms with E-state index in [2.05, 4.69) is 31.2 Å². The van der Waals surface area contributed by atoms with Crippen LogP contribution < -0.4 is 0 Å². The first-order valence-electron chi connectivity index (χ1n) is 7.14. The molecule has 1 heterocycles. The van der Waals surface area contributed by atoms with Crippen molar-refractivity contribution >= 4 is 0 Å². The van der Waals surface area contributed by atoms with Gasteiger partial charge >= 0.3 is 0 Å². The second-order valence-electron chi connectivity index (χ2n) is 5.62. The zero-order valence-corrected chi connectivity index (χ0v) is 11.5. The molecular formula is C15H23N3. The molecule has 0 N–H and O–H groups in total. The summed E-state index contributed by atoms with van der Waals surface area (Å²) >= 11 is 0. The zero-order chi connectivity index (χ0) is 13.0. The Morgan fingerprint density at radius 3 is 2.67 bits per heavy atom. The quantitative estimate of drug-likeness (QED) is 0.814. The van der Waals surface area contributed by atoms with Gasteiger partial charge in [-0.15, -0.1) is 0 Å². The van der Waals surface area contributed by atoms with Crippen LogP contribution in [0, 0.1) is 22.7 Å². The smallest absolute Gasteiger partial charge is 0.0693 e. The highest BCUT2D eigenvalue weighted by Crippen LogP contribution is 2.41. The summed E-state index contributed by atoms with van der Waals surface area (Å²) in [6, 6.07) is 2.60. The molecule has 0 atom stereocenters. The van der Waals surface area contributed by atoms with E-state index in [1.165, 1.54) is 24.8 Å². The molecule has 98 valence electrons. The minimum absolute atomic E-state index is 0.132. The number of hydrogen-bond acceptors (Lipinski definition) is 2. The van der Waals surface area contributed by atoms with Crippen LogP contribution in [-0.4, -0.2) is 9.78 Å². The molecule has 0 unspecified atom stereocenters. The highest BCUT2D eigenvalue weighted by Gasteiger charge is 2.35. The van der Waals surface area contributed by atoms with Crippen molar-refractivity contribution in [3.8, 4) is 6.07 Å². The van der Waals surface area contributed by atoms with Gasteiger partial charge in [-0.25, -0.2) is 0 Å². The van der Waals surface area contributed by atoms with Crippen molar-refractivity contribution in [1.29, 1.82) is 5.26 Å². The van der Waals surface area contributed by atoms with E-state index in [1.807, 2.05) is 10.9 Å². The standard InChI is InChI=1S/C15H23N3/c1-3-13-5-7-15(12-16,8-6-13)9-14-10-17-18(4-2)11-14/h10-11,13H,3-9H2,1-2H3. The molecule has 0 aliphatic heterocycles. The molecule has 0 aromatic carbocycles. The molecular weight excluding hydrogens is 222 g/mol. The average molecular weight is 245 g/mol. The van der Waals surface area contributed by atoms with E-state index in [9.17, 15) is 5.26 Å². The molecule has 0 bridgehead atoms. The normalized spacial score (nSPS) is 27.9. The highest BCUT2D eigenvalue weighted by atomic mass is 15.3. The molecule has 3 nitrogen and oxygen atoms in total. The number of rotatable bonds is 4. The van der Waals surface area contributed by atoms with Crippen LogP contribution in [0.15, 0.2) is 12.4 Å². The zero-order valence-electron chi connectivity index (χ0n) is 11.5. The summed E-state index contributed by atoms with van der Waals surface area (Å²) in [5, 5.41) is 13.9. The predicted octanol–water partition coefficient (Wildman–Crippen LogP) is 3.56. The van der Waals surface area contributed by atoms with Gasteiger partial charge in [-0.1, -0.05) is 13.3 Å². The van der Waals surface area contributed by atoms with E-state index in [0.717, 1.165) is 31.7 Å². The van der Waals surface area contributed by atoms with Crippen molar-refractivity contribution in [2.75, 3.05) is 0 Å². The minimum atomic E-state index is -0.132. The third kappa shape index (κ3) is 2.75. The van der Waals surface area contributed by atoms with Crippen LogP contribution in [-0.2, 0) is 13.0 Å². The summed E-state index contributed by atoms with van der Waals surface area (Å²) in [6.07, 6.45) is 10.7. The topological polar surface area (TPSA) is 41.6 Å². The van der Waals surface area contributed by atoms with Gasteiger partial charge in [-0.3, -0.25) is 4.68 Å². The Kier molecular flexibility index (Phi) is 4.06. The summed E-state index contributed by atoms with van der Waals surface area (Å²) in [7, 11) is 0. The molecule has 1 fully saturated rings. The van der Waals surface area contributed by atoms with Crippen molar-refractivity contribution in [2.24, 2.45) is 11.3 Å². The number of hydrogen-bond donors (Lipinski definition) is 0. The van der Waals surface area contributed by atoms with Gasteiger partial charge in [0.15, 0.2) is 0 Å². The first-order chi connectivity index (χ1) is 8.71. The van der Waals surface area contributed by atoms with Crippen molar-refractivity contribution in [2.45, 2.75) is 58.9 Å². The van der Waals surface area contributed by atoms with Crippen LogP contribution in [0.2, 0.25) is 0 Å². The third-order valence-corrected chi connectivity index (χ3v) is 4.43. The van der Waals surface area contributed by atoms with Crippen molar-refractivity contribution in [3.63, 3.8) is 0 Å². The van der Waals surface area contributed by atoms with Gasteiger partial charge in [0.25, 0.3) is 0 Å². The molecule has 2 rings (SSSR count). The second-order valence-corrected chi connectivity index (χ2v) is 5.62. The van der Waals surface area contributed by atoms with Gasteiger partial charge in [0, 0.05) is 12.7 Å². The van der Waals surface area contributed by atoms with Gasteiger partial charge in [0.1, 0.15) is 0 Å². The van der Waals surface area contributed by atoms with Crippen LogP contribution in [0.3, 0.4) is 0 Å². The largest absolute Gasteiger partial charge is 0.273 e. The molecule has 3 heteroatoms. The Morgan fingerprint density at radius 2 is 2.17 bits per heavy atom. The average Bonchev–Trinajstić information content (AvgIpc) is 2.87. The lowest BCUT2D eigenvalue weighted by Crippen LogP contribution is -2.28. The molecule has 1 aromatic rings. The fourth-order valence-electron chi connectivity index (χ4n) is 3.03. The summed E-state index contributed by atoms with van der Waals surface area (Å²) in [5.41, 5.74) is 1.08. The fourth-order valence-corrected chi connectivity index (χ4v) is 3.03. The van der Waals surface area contributed by atoms with Crippen molar-refractivity contribution in [1.82, 2.24) is 9.78 Å². The Bertz CT molecular complexity index is 419. The lowest BCUT2D eigenvalue weighted by molar-refractivity contribution is 0.205. The van der Waals surface area contributed by atoms with Crippen LogP contribution in [0.25, 0.3) is 0 Å².